The Hall–Kier alpha value is -0.260. The van der Waals surface area contributed by atoms with Gasteiger partial charge in [0, 0.05) is 15.5 Å². The monoisotopic (exact) mass is 301 g/mol. The van der Waals surface area contributed by atoms with E-state index in [0.29, 0.717) is 15.1 Å². The lowest BCUT2D eigenvalue weighted by atomic mass is 10.0. The van der Waals surface area contributed by atoms with Crippen molar-refractivity contribution >= 4 is 27.5 Å². The molecule has 0 aliphatic carbocycles. The second-order valence-electron chi connectivity index (χ2n) is 3.09. The summed E-state index contributed by atoms with van der Waals surface area (Å²) in [6.45, 7) is 0. The maximum Gasteiger partial charge on any atom is 0.390 e. The van der Waals surface area contributed by atoms with Gasteiger partial charge in [0.15, 0.2) is 0 Å². The molecule has 1 rings (SSSR count). The van der Waals surface area contributed by atoms with Gasteiger partial charge in [0.05, 0.1) is 6.42 Å². The average Bonchev–Trinajstić information content (AvgIpc) is 1.99. The summed E-state index contributed by atoms with van der Waals surface area (Å²) >= 11 is 8.79. The summed E-state index contributed by atoms with van der Waals surface area (Å²) in [6, 6.07) is 3.45. The zero-order chi connectivity index (χ0) is 11.6. The Bertz CT molecular complexity index is 354. The minimum absolute atomic E-state index is 0.400. The van der Waals surface area contributed by atoms with Crippen LogP contribution in [0.15, 0.2) is 22.7 Å². The number of rotatable bonds is 2. The first-order valence-corrected chi connectivity index (χ1v) is 5.24. The molecular weight excluding hydrogens is 294 g/mol. The molecule has 0 saturated heterocycles. The highest BCUT2D eigenvalue weighted by Gasteiger charge is 2.31. The van der Waals surface area contributed by atoms with Crippen LogP contribution in [0.3, 0.4) is 0 Å². The summed E-state index contributed by atoms with van der Waals surface area (Å²) < 4.78 is 36.7. The summed E-state index contributed by atoms with van der Waals surface area (Å²) in [4.78, 5) is 0. The highest BCUT2D eigenvalue weighted by atomic mass is 79.9. The van der Waals surface area contributed by atoms with Crippen molar-refractivity contribution in [1.29, 1.82) is 0 Å². The normalized spacial score (nSPS) is 14.0. The van der Waals surface area contributed by atoms with E-state index in [-0.39, 0.29) is 0 Å². The lowest BCUT2D eigenvalue weighted by molar-refractivity contribution is -0.138. The van der Waals surface area contributed by atoms with Crippen LogP contribution >= 0.6 is 27.5 Å². The topological polar surface area (TPSA) is 26.0 Å². The van der Waals surface area contributed by atoms with Crippen LogP contribution in [0.2, 0.25) is 5.02 Å². The smallest absolute Gasteiger partial charge is 0.324 e. The quantitative estimate of drug-likeness (QED) is 0.876. The largest absolute Gasteiger partial charge is 0.390 e. The molecule has 0 fully saturated rings. The molecular formula is C9H8BrClF3N. The summed E-state index contributed by atoms with van der Waals surface area (Å²) in [6.07, 6.45) is -5.31. The van der Waals surface area contributed by atoms with Crippen molar-refractivity contribution < 1.29 is 13.2 Å². The summed E-state index contributed by atoms with van der Waals surface area (Å²) in [7, 11) is 0. The lowest BCUT2D eigenvalue weighted by Gasteiger charge is -2.15. The van der Waals surface area contributed by atoms with Crippen molar-refractivity contribution in [2.24, 2.45) is 5.73 Å². The number of hydrogen-bond acceptors (Lipinski definition) is 1. The van der Waals surface area contributed by atoms with E-state index in [0.717, 1.165) is 0 Å². The first kappa shape index (κ1) is 12.8. The number of benzene rings is 1. The van der Waals surface area contributed by atoms with Gasteiger partial charge in [-0.25, -0.2) is 0 Å². The molecule has 1 aromatic rings. The Kier molecular flexibility index (Phi) is 4.03. The van der Waals surface area contributed by atoms with Gasteiger partial charge in [-0.3, -0.25) is 0 Å². The fraction of sp³-hybridized carbons (Fsp3) is 0.333. The Morgan fingerprint density at radius 1 is 1.40 bits per heavy atom. The van der Waals surface area contributed by atoms with Gasteiger partial charge >= 0.3 is 6.18 Å². The fourth-order valence-corrected chi connectivity index (χ4v) is 2.14. The van der Waals surface area contributed by atoms with Crippen LogP contribution < -0.4 is 5.73 Å². The number of alkyl halides is 3. The van der Waals surface area contributed by atoms with Crippen molar-refractivity contribution in [3.8, 4) is 0 Å². The van der Waals surface area contributed by atoms with E-state index in [9.17, 15) is 13.2 Å². The van der Waals surface area contributed by atoms with Crippen LogP contribution in [0, 0.1) is 0 Å². The van der Waals surface area contributed by atoms with E-state index < -0.39 is 18.6 Å². The van der Waals surface area contributed by atoms with E-state index in [4.69, 9.17) is 17.3 Å². The van der Waals surface area contributed by atoms with Crippen LogP contribution in [0.4, 0.5) is 13.2 Å². The Morgan fingerprint density at radius 3 is 2.47 bits per heavy atom. The third-order valence-electron chi connectivity index (χ3n) is 1.81. The van der Waals surface area contributed by atoms with Gasteiger partial charge in [0.2, 0.25) is 0 Å². The zero-order valence-electron chi connectivity index (χ0n) is 7.48. The highest BCUT2D eigenvalue weighted by Crippen LogP contribution is 2.32. The molecule has 0 bridgehead atoms. The van der Waals surface area contributed by atoms with Crippen molar-refractivity contribution in [1.82, 2.24) is 0 Å². The molecule has 15 heavy (non-hydrogen) atoms. The summed E-state index contributed by atoms with van der Waals surface area (Å²) in [5.74, 6) is 0. The van der Waals surface area contributed by atoms with Gasteiger partial charge in [-0.1, -0.05) is 33.6 Å². The molecule has 0 aliphatic heterocycles. The van der Waals surface area contributed by atoms with Gasteiger partial charge in [0.1, 0.15) is 0 Å². The molecule has 0 aromatic heterocycles. The van der Waals surface area contributed by atoms with Gasteiger partial charge < -0.3 is 5.73 Å². The van der Waals surface area contributed by atoms with Crippen LogP contribution in [0.25, 0.3) is 0 Å². The lowest BCUT2D eigenvalue weighted by Crippen LogP contribution is -2.20. The molecule has 1 aromatic carbocycles. The molecule has 0 radical (unpaired) electrons. The number of nitrogens with two attached hydrogens (primary N) is 1. The Balaban J connectivity index is 2.87. The SMILES string of the molecule is N[C@H](CC(F)(F)F)c1ccc(Cl)cc1Br. The van der Waals surface area contributed by atoms with Crippen LogP contribution in [0.5, 0.6) is 0 Å². The average molecular weight is 303 g/mol. The predicted molar refractivity (Wildman–Crippen MR) is 56.8 cm³/mol. The molecule has 0 heterocycles. The molecule has 0 unspecified atom stereocenters. The molecule has 0 saturated carbocycles. The van der Waals surface area contributed by atoms with E-state index in [2.05, 4.69) is 15.9 Å². The predicted octanol–water partition coefficient (Wildman–Crippen LogP) is 4.05. The summed E-state index contributed by atoms with van der Waals surface area (Å²) in [5, 5.41) is 0.449. The Labute approximate surface area is 98.5 Å². The molecule has 1 nitrogen and oxygen atoms in total. The third kappa shape index (κ3) is 4.01. The van der Waals surface area contributed by atoms with Crippen molar-refractivity contribution in [2.75, 3.05) is 0 Å². The maximum absolute atomic E-state index is 12.1. The van der Waals surface area contributed by atoms with Crippen LogP contribution in [-0.4, -0.2) is 6.18 Å². The van der Waals surface area contributed by atoms with Crippen molar-refractivity contribution in [2.45, 2.75) is 18.6 Å². The van der Waals surface area contributed by atoms with Crippen LogP contribution in [-0.2, 0) is 0 Å². The molecule has 0 spiro atoms. The molecule has 0 amide bonds. The van der Waals surface area contributed by atoms with Gasteiger partial charge in [0.25, 0.3) is 0 Å². The van der Waals surface area contributed by atoms with E-state index in [1.165, 1.54) is 18.2 Å². The molecule has 2 N–H and O–H groups in total. The van der Waals surface area contributed by atoms with E-state index in [1.54, 1.807) is 0 Å². The second kappa shape index (κ2) is 4.72. The minimum Gasteiger partial charge on any atom is -0.324 e. The molecule has 0 aliphatic rings. The second-order valence-corrected chi connectivity index (χ2v) is 4.38. The molecule has 84 valence electrons. The van der Waals surface area contributed by atoms with Crippen LogP contribution in [0.1, 0.15) is 18.0 Å². The third-order valence-corrected chi connectivity index (χ3v) is 2.74. The fourth-order valence-electron chi connectivity index (χ4n) is 1.16. The number of hydrogen-bond donors (Lipinski definition) is 1. The maximum atomic E-state index is 12.1. The first-order chi connectivity index (χ1) is 6.79. The highest BCUT2D eigenvalue weighted by molar-refractivity contribution is 9.10. The van der Waals surface area contributed by atoms with Gasteiger partial charge in [-0.05, 0) is 17.7 Å². The molecule has 1 atom stereocenters. The zero-order valence-corrected chi connectivity index (χ0v) is 9.83. The number of halogens is 5. The van der Waals surface area contributed by atoms with Crippen molar-refractivity contribution in [3.63, 3.8) is 0 Å². The molecule has 6 heteroatoms. The van der Waals surface area contributed by atoms with Gasteiger partial charge in [-0.15, -0.1) is 0 Å². The van der Waals surface area contributed by atoms with Crippen molar-refractivity contribution in [3.05, 3.63) is 33.3 Å². The standard InChI is InChI=1S/C9H8BrClF3N/c10-7-3-5(11)1-2-6(7)8(15)4-9(12,13)14/h1-3,8H,4,15H2/t8-/m1/s1. The summed E-state index contributed by atoms with van der Waals surface area (Å²) in [5.41, 5.74) is 5.84. The Morgan fingerprint density at radius 2 is 2.00 bits per heavy atom. The minimum atomic E-state index is -4.27. The van der Waals surface area contributed by atoms with Gasteiger partial charge in [-0.2, -0.15) is 13.2 Å². The van der Waals surface area contributed by atoms with E-state index >= 15 is 0 Å². The van der Waals surface area contributed by atoms with E-state index in [1.807, 2.05) is 0 Å². The first-order valence-electron chi connectivity index (χ1n) is 4.07.